The fourth-order valence-corrected chi connectivity index (χ4v) is 3.66. The molecule has 2 aromatic rings. The van der Waals surface area contributed by atoms with Crippen molar-refractivity contribution in [3.8, 4) is 11.5 Å². The zero-order valence-corrected chi connectivity index (χ0v) is 18.4. The van der Waals surface area contributed by atoms with Crippen molar-refractivity contribution < 1.29 is 14.3 Å². The van der Waals surface area contributed by atoms with Gasteiger partial charge in [-0.2, -0.15) is 0 Å². The maximum atomic E-state index is 12.5. The number of likely N-dealkylation sites (tertiary alicyclic amines) is 1. The van der Waals surface area contributed by atoms with Gasteiger partial charge in [0.15, 0.2) is 11.5 Å². The van der Waals surface area contributed by atoms with Gasteiger partial charge in [-0.15, -0.1) is 0 Å². The van der Waals surface area contributed by atoms with Crippen molar-refractivity contribution in [2.45, 2.75) is 46.2 Å². The highest BCUT2D eigenvalue weighted by atomic mass is 16.5. The number of amides is 1. The molecule has 2 heterocycles. The van der Waals surface area contributed by atoms with Crippen LogP contribution in [0.2, 0.25) is 0 Å². The fraction of sp³-hybridized carbons (Fsp3) is 0.591. The van der Waals surface area contributed by atoms with E-state index in [1.165, 1.54) is 7.11 Å². The number of piperidine rings is 1. The Morgan fingerprint density at radius 2 is 1.83 bits per heavy atom. The summed E-state index contributed by atoms with van der Waals surface area (Å²) in [6.45, 7) is 8.39. The molecule has 0 spiro atoms. The van der Waals surface area contributed by atoms with Crippen LogP contribution in [0.3, 0.4) is 0 Å². The number of aromatic nitrogens is 2. The van der Waals surface area contributed by atoms with E-state index in [9.17, 15) is 9.59 Å². The van der Waals surface area contributed by atoms with Crippen LogP contribution in [0.25, 0.3) is 10.9 Å². The van der Waals surface area contributed by atoms with Crippen molar-refractivity contribution in [3.63, 3.8) is 0 Å². The first-order valence-electron chi connectivity index (χ1n) is 10.5. The molecule has 1 saturated heterocycles. The number of ether oxygens (including phenoxy) is 2. The van der Waals surface area contributed by atoms with Gasteiger partial charge in [-0.1, -0.05) is 13.8 Å². The van der Waals surface area contributed by atoms with E-state index in [0.717, 1.165) is 25.9 Å². The lowest BCUT2D eigenvalue weighted by molar-refractivity contribution is -0.127. The second-order valence-electron chi connectivity index (χ2n) is 8.33. The van der Waals surface area contributed by atoms with Gasteiger partial charge >= 0.3 is 0 Å². The molecule has 3 rings (SSSR count). The van der Waals surface area contributed by atoms with Crippen LogP contribution in [0.15, 0.2) is 16.9 Å². The Morgan fingerprint density at radius 1 is 1.20 bits per heavy atom. The van der Waals surface area contributed by atoms with Crippen molar-refractivity contribution >= 4 is 16.8 Å². The molecule has 8 heteroatoms. The van der Waals surface area contributed by atoms with Crippen LogP contribution >= 0.6 is 0 Å². The molecule has 1 fully saturated rings. The predicted octanol–water partition coefficient (Wildman–Crippen LogP) is 2.31. The lowest BCUT2D eigenvalue weighted by Crippen LogP contribution is -2.44. The van der Waals surface area contributed by atoms with Crippen LogP contribution < -0.4 is 20.3 Å². The van der Waals surface area contributed by atoms with Gasteiger partial charge in [-0.3, -0.25) is 14.5 Å². The summed E-state index contributed by atoms with van der Waals surface area (Å²) in [4.78, 5) is 34.7. The second-order valence-corrected chi connectivity index (χ2v) is 8.33. The van der Waals surface area contributed by atoms with Crippen LogP contribution in [-0.2, 0) is 11.3 Å². The van der Waals surface area contributed by atoms with Crippen LogP contribution in [0.1, 0.15) is 39.4 Å². The summed E-state index contributed by atoms with van der Waals surface area (Å²) in [5, 5.41) is 3.59. The van der Waals surface area contributed by atoms with Crippen LogP contribution in [0, 0.1) is 11.8 Å². The monoisotopic (exact) mass is 416 g/mol. The van der Waals surface area contributed by atoms with Gasteiger partial charge in [0, 0.05) is 18.0 Å². The number of carbonyl (C=O) groups is 1. The third-order valence-electron chi connectivity index (χ3n) is 5.96. The van der Waals surface area contributed by atoms with Crippen LogP contribution in [-0.4, -0.2) is 54.1 Å². The Morgan fingerprint density at radius 3 is 2.43 bits per heavy atom. The molecule has 1 aliphatic heterocycles. The fourth-order valence-electron chi connectivity index (χ4n) is 3.66. The molecule has 1 aliphatic rings. The number of hydrogen-bond acceptors (Lipinski definition) is 6. The summed E-state index contributed by atoms with van der Waals surface area (Å²) in [5.41, 5.74) is 0.372. The second kappa shape index (κ2) is 9.47. The molecule has 1 aromatic carbocycles. The summed E-state index contributed by atoms with van der Waals surface area (Å²) in [6, 6.07) is 3.55. The Balaban J connectivity index is 1.66. The Bertz CT molecular complexity index is 948. The minimum atomic E-state index is -0.201. The van der Waals surface area contributed by atoms with E-state index in [1.54, 1.807) is 19.2 Å². The van der Waals surface area contributed by atoms with E-state index < -0.39 is 0 Å². The topological polar surface area (TPSA) is 96.5 Å². The van der Waals surface area contributed by atoms with Gasteiger partial charge in [0.1, 0.15) is 5.82 Å². The number of hydrogen-bond donors (Lipinski definition) is 2. The number of nitrogens with zero attached hydrogens (tertiary/aromatic N) is 2. The first-order valence-corrected chi connectivity index (χ1v) is 10.5. The summed E-state index contributed by atoms with van der Waals surface area (Å²) >= 11 is 0. The van der Waals surface area contributed by atoms with Crippen molar-refractivity contribution in [2.75, 3.05) is 27.3 Å². The zero-order valence-electron chi connectivity index (χ0n) is 18.4. The number of aromatic amines is 1. The van der Waals surface area contributed by atoms with Crippen molar-refractivity contribution in [3.05, 3.63) is 28.3 Å². The third kappa shape index (κ3) is 4.92. The first kappa shape index (κ1) is 22.1. The number of rotatable bonds is 7. The van der Waals surface area contributed by atoms with Gasteiger partial charge in [0.05, 0.1) is 31.7 Å². The van der Waals surface area contributed by atoms with Crippen LogP contribution in [0.5, 0.6) is 11.5 Å². The first-order chi connectivity index (χ1) is 14.3. The molecule has 30 heavy (non-hydrogen) atoms. The number of carbonyl (C=O) groups excluding carboxylic acids is 1. The van der Waals surface area contributed by atoms with E-state index in [1.807, 2.05) is 6.92 Å². The maximum Gasteiger partial charge on any atom is 0.258 e. The quantitative estimate of drug-likeness (QED) is 0.719. The number of methoxy groups -OCH3 is 2. The van der Waals surface area contributed by atoms with Crippen molar-refractivity contribution in [2.24, 2.45) is 11.8 Å². The van der Waals surface area contributed by atoms with E-state index in [0.29, 0.717) is 40.7 Å². The SMILES string of the molecule is COc1cc2nc(CN3CCC(C(=O)NC(C)C(C)C)CC3)[nH]c(=O)c2cc1OC. The molecule has 2 N–H and O–H groups in total. The Kier molecular flexibility index (Phi) is 6.97. The molecular weight excluding hydrogens is 384 g/mol. The summed E-state index contributed by atoms with van der Waals surface area (Å²) in [6.07, 6.45) is 1.61. The van der Waals surface area contributed by atoms with E-state index in [4.69, 9.17) is 9.47 Å². The van der Waals surface area contributed by atoms with Crippen LogP contribution in [0.4, 0.5) is 0 Å². The van der Waals surface area contributed by atoms with E-state index >= 15 is 0 Å². The molecule has 1 unspecified atom stereocenters. The highest BCUT2D eigenvalue weighted by Crippen LogP contribution is 2.30. The van der Waals surface area contributed by atoms with Gasteiger partial charge in [-0.05, 0) is 44.8 Å². The molecule has 1 atom stereocenters. The molecule has 0 saturated carbocycles. The zero-order chi connectivity index (χ0) is 21.8. The molecule has 164 valence electrons. The molecule has 0 aliphatic carbocycles. The van der Waals surface area contributed by atoms with Gasteiger partial charge < -0.3 is 19.8 Å². The predicted molar refractivity (Wildman–Crippen MR) is 116 cm³/mol. The highest BCUT2D eigenvalue weighted by molar-refractivity contribution is 5.82. The summed E-state index contributed by atoms with van der Waals surface area (Å²) in [5.74, 6) is 2.25. The molecule has 0 radical (unpaired) electrons. The minimum Gasteiger partial charge on any atom is -0.493 e. The minimum absolute atomic E-state index is 0.0442. The molecular formula is C22H32N4O4. The average molecular weight is 417 g/mol. The van der Waals surface area contributed by atoms with E-state index in [-0.39, 0.29) is 23.4 Å². The molecule has 8 nitrogen and oxygen atoms in total. The van der Waals surface area contributed by atoms with Gasteiger partial charge in [0.2, 0.25) is 5.91 Å². The number of nitrogens with one attached hydrogen (secondary N) is 2. The smallest absolute Gasteiger partial charge is 0.258 e. The van der Waals surface area contributed by atoms with Gasteiger partial charge in [-0.25, -0.2) is 4.98 Å². The molecule has 1 aromatic heterocycles. The van der Waals surface area contributed by atoms with Crippen molar-refractivity contribution in [1.82, 2.24) is 20.2 Å². The summed E-state index contributed by atoms with van der Waals surface area (Å²) in [7, 11) is 3.09. The number of H-pyrrole nitrogens is 1. The normalized spacial score (nSPS) is 16.6. The van der Waals surface area contributed by atoms with Crippen molar-refractivity contribution in [1.29, 1.82) is 0 Å². The average Bonchev–Trinajstić information content (AvgIpc) is 2.73. The Hall–Kier alpha value is -2.61. The number of fused-ring (bicyclic) bond motifs is 1. The maximum absolute atomic E-state index is 12.5. The lowest BCUT2D eigenvalue weighted by atomic mass is 9.95. The Labute approximate surface area is 177 Å². The molecule has 0 bridgehead atoms. The van der Waals surface area contributed by atoms with E-state index in [2.05, 4.69) is 34.0 Å². The number of benzene rings is 1. The van der Waals surface area contributed by atoms with Gasteiger partial charge in [0.25, 0.3) is 5.56 Å². The third-order valence-corrected chi connectivity index (χ3v) is 5.96. The molecule has 1 amide bonds. The lowest BCUT2D eigenvalue weighted by Gasteiger charge is -2.31. The summed E-state index contributed by atoms with van der Waals surface area (Å²) < 4.78 is 10.6. The highest BCUT2D eigenvalue weighted by Gasteiger charge is 2.26. The largest absolute Gasteiger partial charge is 0.493 e. The standard InChI is InChI=1S/C22H32N4O4/c1-13(2)14(3)23-21(27)15-6-8-26(9-7-15)12-20-24-17-11-19(30-5)18(29-4)10-16(17)22(28)25-20/h10-11,13-15H,6-9,12H2,1-5H3,(H,23,27)(H,24,25,28).